The van der Waals surface area contributed by atoms with E-state index in [0.717, 1.165) is 25.7 Å². The van der Waals surface area contributed by atoms with Gasteiger partial charge < -0.3 is 20.4 Å². The van der Waals surface area contributed by atoms with Crippen molar-refractivity contribution in [3.05, 3.63) is 0 Å². The molecular formula is C10H22F2O6. The molecule has 0 radical (unpaired) electrons. The summed E-state index contributed by atoms with van der Waals surface area (Å²) in [6, 6.07) is 0. The van der Waals surface area contributed by atoms with Gasteiger partial charge in [-0.1, -0.05) is 26.7 Å². The van der Waals surface area contributed by atoms with Crippen molar-refractivity contribution in [3.63, 3.8) is 0 Å². The highest BCUT2D eigenvalue weighted by atomic mass is 19.1. The van der Waals surface area contributed by atoms with Crippen molar-refractivity contribution in [1.82, 2.24) is 0 Å². The molecule has 6 nitrogen and oxygen atoms in total. The topological polar surface area (TPSA) is 115 Å². The van der Waals surface area contributed by atoms with Gasteiger partial charge in [0.15, 0.2) is 0 Å². The van der Waals surface area contributed by atoms with E-state index in [-0.39, 0.29) is 13.3 Å². The van der Waals surface area contributed by atoms with Gasteiger partial charge in [0, 0.05) is 0 Å². The van der Waals surface area contributed by atoms with Crippen LogP contribution in [0.25, 0.3) is 0 Å². The van der Waals surface area contributed by atoms with Crippen molar-refractivity contribution >= 4 is 12.3 Å². The highest BCUT2D eigenvalue weighted by Crippen LogP contribution is 1.83. The molecule has 18 heavy (non-hydrogen) atoms. The maximum Gasteiger partial charge on any atom is 0.503 e. The highest BCUT2D eigenvalue weighted by molar-refractivity contribution is 5.53. The third-order valence-corrected chi connectivity index (χ3v) is 0.974. The van der Waals surface area contributed by atoms with Crippen LogP contribution in [0.2, 0.25) is 0 Å². The molecule has 0 aromatic heterocycles. The van der Waals surface area contributed by atoms with E-state index in [1.54, 1.807) is 0 Å². The maximum absolute atomic E-state index is 11.0. The Kier molecular flexibility index (Phi) is 41.5. The quantitative estimate of drug-likeness (QED) is 0.617. The first-order valence-corrected chi connectivity index (χ1v) is 5.25. The van der Waals surface area contributed by atoms with E-state index in [1.807, 2.05) is 13.8 Å². The zero-order valence-corrected chi connectivity index (χ0v) is 10.6. The number of carboxylic acid groups (broad SMARTS) is 4. The second-order valence-electron chi connectivity index (χ2n) is 2.65. The van der Waals surface area contributed by atoms with Gasteiger partial charge in [0.2, 0.25) is 0 Å². The van der Waals surface area contributed by atoms with Crippen LogP contribution < -0.4 is 0 Å². The summed E-state index contributed by atoms with van der Waals surface area (Å²) in [4.78, 5) is 17.1. The van der Waals surface area contributed by atoms with Crippen LogP contribution >= 0.6 is 0 Å². The lowest BCUT2D eigenvalue weighted by Gasteiger charge is -1.76. The fourth-order valence-corrected chi connectivity index (χ4v) is 0.267. The smallest absolute Gasteiger partial charge is 0.450 e. The Labute approximate surface area is 105 Å². The summed E-state index contributed by atoms with van der Waals surface area (Å²) in [6.45, 7) is 3.63. The first kappa shape index (κ1) is 25.3. The lowest BCUT2D eigenvalue weighted by molar-refractivity contribution is 0.135. The normalized spacial score (nSPS) is 7.33. The molecule has 0 bridgehead atoms. The van der Waals surface area contributed by atoms with Gasteiger partial charge in [0.1, 0.15) is 0 Å². The molecule has 0 saturated heterocycles. The van der Waals surface area contributed by atoms with Gasteiger partial charge in [0.25, 0.3) is 0 Å². The average Bonchev–Trinajstić information content (AvgIpc) is 2.19. The van der Waals surface area contributed by atoms with Gasteiger partial charge in [0.05, 0.1) is 13.3 Å². The van der Waals surface area contributed by atoms with Crippen molar-refractivity contribution in [1.29, 1.82) is 0 Å². The molecule has 0 aromatic rings. The van der Waals surface area contributed by atoms with Crippen molar-refractivity contribution in [2.45, 2.75) is 39.5 Å². The number of carbonyl (C=O) groups is 2. The van der Waals surface area contributed by atoms with Gasteiger partial charge in [-0.2, -0.15) is 0 Å². The van der Waals surface area contributed by atoms with Gasteiger partial charge in [-0.15, -0.1) is 0 Å². The third-order valence-electron chi connectivity index (χ3n) is 0.974. The van der Waals surface area contributed by atoms with Gasteiger partial charge in [-0.3, -0.25) is 8.78 Å². The van der Waals surface area contributed by atoms with Crippen molar-refractivity contribution in [3.8, 4) is 0 Å². The molecule has 0 aliphatic rings. The van der Waals surface area contributed by atoms with Crippen LogP contribution in [-0.4, -0.2) is 46.1 Å². The van der Waals surface area contributed by atoms with Gasteiger partial charge >= 0.3 is 12.3 Å². The van der Waals surface area contributed by atoms with E-state index in [1.165, 1.54) is 0 Å². The van der Waals surface area contributed by atoms with E-state index in [4.69, 9.17) is 30.0 Å². The van der Waals surface area contributed by atoms with Crippen LogP contribution in [0.3, 0.4) is 0 Å². The molecule has 0 aromatic carbocycles. The Morgan fingerprint density at radius 2 is 0.944 bits per heavy atom. The second kappa shape index (κ2) is 29.5. The standard InChI is InChI=1S/2C4H9F.2CH2O3/c2*1-2-3-4-5;2*2-1(3)4/h2*2-4H2,1H3;2*(H2,2,3,4). The zero-order chi connectivity index (χ0) is 15.4. The molecule has 0 rings (SSSR count). The van der Waals surface area contributed by atoms with E-state index >= 15 is 0 Å². The Bertz CT molecular complexity index is 136. The van der Waals surface area contributed by atoms with Crippen molar-refractivity contribution < 1.29 is 38.8 Å². The maximum atomic E-state index is 11.0. The zero-order valence-electron chi connectivity index (χ0n) is 10.6. The third kappa shape index (κ3) is 449. The number of halogens is 2. The minimum absolute atomic E-state index is 0.156. The van der Waals surface area contributed by atoms with E-state index in [9.17, 15) is 8.78 Å². The first-order chi connectivity index (χ1) is 8.29. The molecule has 0 spiro atoms. The predicted molar refractivity (Wildman–Crippen MR) is 63.1 cm³/mol. The number of hydrogen-bond acceptors (Lipinski definition) is 2. The molecule has 0 amide bonds. The fourth-order valence-electron chi connectivity index (χ4n) is 0.267. The SMILES string of the molecule is CCCCF.CCCCF.O=C(O)O.O=C(O)O. The Balaban J connectivity index is -0.0000000731. The molecule has 112 valence electrons. The van der Waals surface area contributed by atoms with Crippen molar-refractivity contribution in [2.24, 2.45) is 0 Å². The molecule has 8 heteroatoms. The first-order valence-electron chi connectivity index (χ1n) is 5.25. The molecule has 0 aliphatic heterocycles. The summed E-state index contributed by atoms with van der Waals surface area (Å²) in [5.74, 6) is 0. The minimum Gasteiger partial charge on any atom is -0.450 e. The summed E-state index contributed by atoms with van der Waals surface area (Å²) in [5, 5.41) is 27.9. The summed E-state index contributed by atoms with van der Waals surface area (Å²) in [5.41, 5.74) is 0. The molecule has 0 fully saturated rings. The van der Waals surface area contributed by atoms with Crippen LogP contribution in [0.5, 0.6) is 0 Å². The summed E-state index contributed by atoms with van der Waals surface area (Å²) < 4.78 is 22.0. The molecule has 0 saturated carbocycles. The summed E-state index contributed by atoms with van der Waals surface area (Å²) in [7, 11) is 0. The van der Waals surface area contributed by atoms with Gasteiger partial charge in [-0.25, -0.2) is 9.59 Å². The molecule has 0 aliphatic carbocycles. The lowest BCUT2D eigenvalue weighted by atomic mass is 10.4. The molecule has 4 N–H and O–H groups in total. The lowest BCUT2D eigenvalue weighted by Crippen LogP contribution is -1.81. The van der Waals surface area contributed by atoms with Crippen LogP contribution in [0.15, 0.2) is 0 Å². The average molecular weight is 276 g/mol. The monoisotopic (exact) mass is 276 g/mol. The number of rotatable bonds is 4. The Morgan fingerprint density at radius 1 is 0.778 bits per heavy atom. The van der Waals surface area contributed by atoms with Crippen LogP contribution in [0.4, 0.5) is 18.4 Å². The Hall–Kier alpha value is -1.60. The van der Waals surface area contributed by atoms with E-state index < -0.39 is 12.3 Å². The molecule has 0 unspecified atom stereocenters. The number of alkyl halides is 2. The minimum atomic E-state index is -1.83. The number of hydrogen-bond donors (Lipinski definition) is 4. The van der Waals surface area contributed by atoms with Crippen LogP contribution in [0, 0.1) is 0 Å². The molecule has 0 heterocycles. The van der Waals surface area contributed by atoms with Crippen LogP contribution in [-0.2, 0) is 0 Å². The second-order valence-corrected chi connectivity index (χ2v) is 2.65. The number of unbranched alkanes of at least 4 members (excludes halogenated alkanes) is 2. The van der Waals surface area contributed by atoms with Crippen molar-refractivity contribution in [2.75, 3.05) is 13.3 Å². The van der Waals surface area contributed by atoms with E-state index in [2.05, 4.69) is 0 Å². The highest BCUT2D eigenvalue weighted by Gasteiger charge is 1.72. The van der Waals surface area contributed by atoms with Gasteiger partial charge in [-0.05, 0) is 12.8 Å². The Morgan fingerprint density at radius 3 is 0.944 bits per heavy atom. The largest absolute Gasteiger partial charge is 0.503 e. The predicted octanol–water partition coefficient (Wildman–Crippen LogP) is 3.96. The van der Waals surface area contributed by atoms with E-state index in [0.29, 0.717) is 0 Å². The van der Waals surface area contributed by atoms with Crippen LogP contribution in [0.1, 0.15) is 39.5 Å². The summed E-state index contributed by atoms with van der Waals surface area (Å²) in [6.07, 6.45) is -0.285. The fraction of sp³-hybridized carbons (Fsp3) is 0.800. The molecular weight excluding hydrogens is 254 g/mol. The molecule has 0 atom stereocenters. The summed E-state index contributed by atoms with van der Waals surface area (Å²) >= 11 is 0.